The highest BCUT2D eigenvalue weighted by Gasteiger charge is 2.13. The van der Waals surface area contributed by atoms with Crippen molar-refractivity contribution in [1.29, 1.82) is 0 Å². The maximum absolute atomic E-state index is 4.87. The Hall–Kier alpha value is -2.87. The second-order valence-electron chi connectivity index (χ2n) is 5.96. The molecule has 2 heteroatoms. The zero-order chi connectivity index (χ0) is 15.8. The molecule has 0 N–H and O–H groups in total. The van der Waals surface area contributed by atoms with Crippen LogP contribution in [0, 0.1) is 13.8 Å². The van der Waals surface area contributed by atoms with Gasteiger partial charge in [-0.1, -0.05) is 59.7 Å². The van der Waals surface area contributed by atoms with Gasteiger partial charge in [-0.15, -0.1) is 0 Å². The van der Waals surface area contributed by atoms with Crippen molar-refractivity contribution >= 4 is 11.0 Å². The highest BCUT2D eigenvalue weighted by Crippen LogP contribution is 2.28. The summed E-state index contributed by atoms with van der Waals surface area (Å²) in [5, 5.41) is 0. The fourth-order valence-electron chi connectivity index (χ4n) is 2.88. The van der Waals surface area contributed by atoms with E-state index in [0.29, 0.717) is 0 Å². The first-order valence-electron chi connectivity index (χ1n) is 7.84. The van der Waals surface area contributed by atoms with Crippen molar-refractivity contribution in [2.45, 2.75) is 13.8 Å². The number of benzene rings is 3. The zero-order valence-corrected chi connectivity index (χ0v) is 13.3. The molecule has 0 atom stereocenters. The first-order valence-corrected chi connectivity index (χ1v) is 7.84. The van der Waals surface area contributed by atoms with E-state index in [2.05, 4.69) is 85.1 Å². The molecular formula is C21H18N2. The van der Waals surface area contributed by atoms with Crippen LogP contribution in [-0.4, -0.2) is 9.55 Å². The lowest BCUT2D eigenvalue weighted by Crippen LogP contribution is -1.97. The molecular weight excluding hydrogens is 280 g/mol. The summed E-state index contributed by atoms with van der Waals surface area (Å²) >= 11 is 0. The molecule has 4 aromatic rings. The van der Waals surface area contributed by atoms with E-state index < -0.39 is 0 Å². The molecule has 23 heavy (non-hydrogen) atoms. The molecule has 1 heterocycles. The Kier molecular flexibility index (Phi) is 3.23. The van der Waals surface area contributed by atoms with E-state index in [4.69, 9.17) is 4.98 Å². The average molecular weight is 298 g/mol. The molecule has 0 saturated heterocycles. The third-order valence-corrected chi connectivity index (χ3v) is 4.16. The van der Waals surface area contributed by atoms with Crippen molar-refractivity contribution in [1.82, 2.24) is 9.55 Å². The van der Waals surface area contributed by atoms with Crippen molar-refractivity contribution in [3.05, 3.63) is 83.9 Å². The zero-order valence-electron chi connectivity index (χ0n) is 13.3. The van der Waals surface area contributed by atoms with Gasteiger partial charge in [0.15, 0.2) is 0 Å². The van der Waals surface area contributed by atoms with Crippen molar-refractivity contribution in [2.24, 2.45) is 0 Å². The molecule has 3 aromatic carbocycles. The number of aromatic nitrogens is 2. The van der Waals surface area contributed by atoms with Crippen LogP contribution < -0.4 is 0 Å². The smallest absolute Gasteiger partial charge is 0.145 e. The summed E-state index contributed by atoms with van der Waals surface area (Å²) in [7, 11) is 0. The first kappa shape index (κ1) is 13.8. The number of imidazole rings is 1. The van der Waals surface area contributed by atoms with Gasteiger partial charge < -0.3 is 0 Å². The topological polar surface area (TPSA) is 17.8 Å². The summed E-state index contributed by atoms with van der Waals surface area (Å²) in [6.07, 6.45) is 0. The Morgan fingerprint density at radius 1 is 0.696 bits per heavy atom. The van der Waals surface area contributed by atoms with Gasteiger partial charge in [0.05, 0.1) is 11.0 Å². The van der Waals surface area contributed by atoms with E-state index in [0.717, 1.165) is 28.1 Å². The number of rotatable bonds is 2. The molecule has 0 radical (unpaired) electrons. The maximum Gasteiger partial charge on any atom is 0.145 e. The molecule has 112 valence electrons. The molecule has 0 bridgehead atoms. The van der Waals surface area contributed by atoms with Crippen molar-refractivity contribution in [3.8, 4) is 17.1 Å². The monoisotopic (exact) mass is 298 g/mol. The molecule has 0 aliphatic rings. The van der Waals surface area contributed by atoms with E-state index in [1.54, 1.807) is 0 Å². The van der Waals surface area contributed by atoms with Crippen molar-refractivity contribution in [3.63, 3.8) is 0 Å². The predicted molar refractivity (Wildman–Crippen MR) is 96.0 cm³/mol. The lowest BCUT2D eigenvalue weighted by Gasteiger charge is -2.10. The van der Waals surface area contributed by atoms with Crippen LogP contribution in [0.5, 0.6) is 0 Å². The molecule has 2 nitrogen and oxygen atoms in total. The Labute approximate surface area is 136 Å². The van der Waals surface area contributed by atoms with Gasteiger partial charge in [-0.2, -0.15) is 0 Å². The maximum atomic E-state index is 4.87. The molecule has 0 saturated carbocycles. The van der Waals surface area contributed by atoms with Gasteiger partial charge in [0.25, 0.3) is 0 Å². The standard InChI is InChI=1S/C21H18N2/c1-15-7-11-17(12-8-15)21-22-19-5-3-4-6-20(19)23(21)18-13-9-16(2)10-14-18/h3-14H,1-2H3. The number of para-hydroxylation sites is 2. The highest BCUT2D eigenvalue weighted by atomic mass is 15.1. The molecule has 0 amide bonds. The summed E-state index contributed by atoms with van der Waals surface area (Å²) < 4.78 is 2.24. The second kappa shape index (κ2) is 5.40. The minimum atomic E-state index is 0.982. The quantitative estimate of drug-likeness (QED) is 0.490. The molecule has 4 rings (SSSR count). The number of fused-ring (bicyclic) bond motifs is 1. The van der Waals surface area contributed by atoms with Gasteiger partial charge in [0.1, 0.15) is 5.82 Å². The fourth-order valence-corrected chi connectivity index (χ4v) is 2.88. The van der Waals surface area contributed by atoms with Crippen LogP contribution in [0.1, 0.15) is 11.1 Å². The van der Waals surface area contributed by atoms with Crippen molar-refractivity contribution in [2.75, 3.05) is 0 Å². The normalized spacial score (nSPS) is 11.0. The summed E-state index contributed by atoms with van der Waals surface area (Å²) in [4.78, 5) is 4.87. The van der Waals surface area contributed by atoms with Gasteiger partial charge >= 0.3 is 0 Å². The molecule has 0 aliphatic carbocycles. The van der Waals surface area contributed by atoms with Crippen LogP contribution in [0.15, 0.2) is 72.8 Å². The van der Waals surface area contributed by atoms with E-state index in [1.165, 1.54) is 11.1 Å². The molecule has 0 spiro atoms. The lowest BCUT2D eigenvalue weighted by atomic mass is 10.1. The van der Waals surface area contributed by atoms with E-state index in [1.807, 2.05) is 6.07 Å². The van der Waals surface area contributed by atoms with Crippen LogP contribution in [0.3, 0.4) is 0 Å². The summed E-state index contributed by atoms with van der Waals surface area (Å²) in [5.74, 6) is 0.982. The first-order chi connectivity index (χ1) is 11.2. The van der Waals surface area contributed by atoms with E-state index in [9.17, 15) is 0 Å². The molecule has 0 unspecified atom stereocenters. The van der Waals surface area contributed by atoms with Crippen LogP contribution in [0.4, 0.5) is 0 Å². The van der Waals surface area contributed by atoms with Gasteiger partial charge in [0, 0.05) is 11.3 Å². The number of hydrogen-bond donors (Lipinski definition) is 0. The average Bonchev–Trinajstić information content (AvgIpc) is 2.96. The highest BCUT2D eigenvalue weighted by molar-refractivity contribution is 5.83. The third-order valence-electron chi connectivity index (χ3n) is 4.16. The van der Waals surface area contributed by atoms with E-state index in [-0.39, 0.29) is 0 Å². The van der Waals surface area contributed by atoms with Gasteiger partial charge in [-0.25, -0.2) is 4.98 Å². The minimum Gasteiger partial charge on any atom is -0.292 e. The number of hydrogen-bond acceptors (Lipinski definition) is 1. The predicted octanol–water partition coefficient (Wildman–Crippen LogP) is 5.31. The van der Waals surface area contributed by atoms with Crippen LogP contribution >= 0.6 is 0 Å². The van der Waals surface area contributed by atoms with Crippen LogP contribution in [0.25, 0.3) is 28.1 Å². The summed E-state index contributed by atoms with van der Waals surface area (Å²) in [6.45, 7) is 4.21. The number of aryl methyl sites for hydroxylation is 2. The molecule has 0 fully saturated rings. The Morgan fingerprint density at radius 3 is 2.00 bits per heavy atom. The van der Waals surface area contributed by atoms with E-state index >= 15 is 0 Å². The third kappa shape index (κ3) is 2.42. The minimum absolute atomic E-state index is 0.982. The fraction of sp³-hybridized carbons (Fsp3) is 0.0952. The van der Waals surface area contributed by atoms with Gasteiger partial charge in [-0.3, -0.25) is 4.57 Å². The molecule has 1 aromatic heterocycles. The van der Waals surface area contributed by atoms with Crippen molar-refractivity contribution < 1.29 is 0 Å². The van der Waals surface area contributed by atoms with Gasteiger partial charge in [-0.05, 0) is 38.1 Å². The second-order valence-corrected chi connectivity index (χ2v) is 5.96. The Bertz CT molecular complexity index is 961. The SMILES string of the molecule is Cc1ccc(-c2nc3ccccc3n2-c2ccc(C)cc2)cc1. The van der Waals surface area contributed by atoms with Crippen LogP contribution in [-0.2, 0) is 0 Å². The number of nitrogens with zero attached hydrogens (tertiary/aromatic N) is 2. The molecule has 0 aliphatic heterocycles. The van der Waals surface area contributed by atoms with Gasteiger partial charge in [0.2, 0.25) is 0 Å². The van der Waals surface area contributed by atoms with Crippen LogP contribution in [0.2, 0.25) is 0 Å². The largest absolute Gasteiger partial charge is 0.292 e. The Morgan fingerprint density at radius 2 is 1.30 bits per heavy atom. The Balaban J connectivity index is 2.01. The lowest BCUT2D eigenvalue weighted by molar-refractivity contribution is 1.10. The summed E-state index contributed by atoms with van der Waals surface area (Å²) in [5.41, 5.74) is 6.93. The summed E-state index contributed by atoms with van der Waals surface area (Å²) in [6, 6.07) is 25.4.